The fourth-order valence-electron chi connectivity index (χ4n) is 3.10. The second-order valence-corrected chi connectivity index (χ2v) is 7.48. The van der Waals surface area contributed by atoms with E-state index in [0.717, 1.165) is 14.9 Å². The van der Waals surface area contributed by atoms with E-state index in [9.17, 15) is 14.4 Å². The largest absolute Gasteiger partial charge is 0.496 e. The highest BCUT2D eigenvalue weighted by molar-refractivity contribution is 9.10. The SMILES string of the molecule is COc1ccc(C2(C)NC(=O)N(CC(=O)c3ccc(Br)cc3)C2=O)cc1C. The molecule has 3 amide bonds. The summed E-state index contributed by atoms with van der Waals surface area (Å²) in [5.41, 5.74) is 0.696. The molecule has 140 valence electrons. The lowest BCUT2D eigenvalue weighted by molar-refractivity contribution is -0.130. The number of nitrogens with one attached hydrogen (secondary N) is 1. The Hall–Kier alpha value is -2.67. The number of methoxy groups -OCH3 is 1. The molecule has 1 saturated heterocycles. The van der Waals surface area contributed by atoms with Gasteiger partial charge in [0.05, 0.1) is 13.7 Å². The molecule has 7 heteroatoms. The summed E-state index contributed by atoms with van der Waals surface area (Å²) in [6, 6.07) is 11.5. The van der Waals surface area contributed by atoms with Crippen LogP contribution < -0.4 is 10.1 Å². The van der Waals surface area contributed by atoms with Crippen LogP contribution in [0.2, 0.25) is 0 Å². The van der Waals surface area contributed by atoms with Crippen LogP contribution in [0.3, 0.4) is 0 Å². The molecule has 2 aromatic rings. The summed E-state index contributed by atoms with van der Waals surface area (Å²) in [7, 11) is 1.57. The molecule has 1 fully saturated rings. The van der Waals surface area contributed by atoms with Gasteiger partial charge in [-0.05, 0) is 49.2 Å². The van der Waals surface area contributed by atoms with E-state index in [-0.39, 0.29) is 12.3 Å². The lowest BCUT2D eigenvalue weighted by Crippen LogP contribution is -2.41. The molecule has 1 N–H and O–H groups in total. The average Bonchev–Trinajstić information content (AvgIpc) is 2.86. The number of halogens is 1. The first-order valence-electron chi connectivity index (χ1n) is 8.34. The molecule has 0 aromatic heterocycles. The molecule has 2 aromatic carbocycles. The number of Topliss-reactive ketones (excluding diaryl/α,β-unsaturated/α-hetero) is 1. The zero-order chi connectivity index (χ0) is 19.8. The van der Waals surface area contributed by atoms with Crippen molar-refractivity contribution in [1.82, 2.24) is 10.2 Å². The van der Waals surface area contributed by atoms with Crippen LogP contribution in [0.15, 0.2) is 46.9 Å². The highest BCUT2D eigenvalue weighted by Gasteiger charge is 2.49. The zero-order valence-corrected chi connectivity index (χ0v) is 16.8. The zero-order valence-electron chi connectivity index (χ0n) is 15.2. The number of carbonyl (C=O) groups excluding carboxylic acids is 3. The third-order valence-corrected chi connectivity index (χ3v) is 5.24. The fraction of sp³-hybridized carbons (Fsp3) is 0.250. The number of carbonyl (C=O) groups is 3. The Morgan fingerprint density at radius 1 is 1.19 bits per heavy atom. The minimum Gasteiger partial charge on any atom is -0.496 e. The molecule has 0 saturated carbocycles. The summed E-state index contributed by atoms with van der Waals surface area (Å²) < 4.78 is 6.09. The van der Waals surface area contributed by atoms with Gasteiger partial charge in [-0.2, -0.15) is 0 Å². The van der Waals surface area contributed by atoms with Gasteiger partial charge < -0.3 is 10.1 Å². The highest BCUT2D eigenvalue weighted by atomic mass is 79.9. The third-order valence-electron chi connectivity index (χ3n) is 4.72. The van der Waals surface area contributed by atoms with Crippen LogP contribution in [0.5, 0.6) is 5.75 Å². The van der Waals surface area contributed by atoms with E-state index in [1.165, 1.54) is 0 Å². The van der Waals surface area contributed by atoms with Crippen molar-refractivity contribution in [3.8, 4) is 5.75 Å². The van der Waals surface area contributed by atoms with Crippen LogP contribution in [-0.4, -0.2) is 36.3 Å². The quantitative estimate of drug-likeness (QED) is 0.582. The number of ketones is 1. The Kier molecular flexibility index (Phi) is 5.06. The van der Waals surface area contributed by atoms with Crippen LogP contribution in [-0.2, 0) is 10.3 Å². The van der Waals surface area contributed by atoms with Crippen molar-refractivity contribution < 1.29 is 19.1 Å². The summed E-state index contributed by atoms with van der Waals surface area (Å²) >= 11 is 3.31. The third kappa shape index (κ3) is 3.47. The fourth-order valence-corrected chi connectivity index (χ4v) is 3.36. The monoisotopic (exact) mass is 430 g/mol. The Morgan fingerprint density at radius 3 is 2.44 bits per heavy atom. The van der Waals surface area contributed by atoms with Crippen molar-refractivity contribution in [2.45, 2.75) is 19.4 Å². The Labute approximate surface area is 165 Å². The predicted octanol–water partition coefficient (Wildman–Crippen LogP) is 3.42. The molecule has 1 heterocycles. The molecule has 0 bridgehead atoms. The minimum atomic E-state index is -1.23. The number of rotatable bonds is 5. The van der Waals surface area contributed by atoms with Gasteiger partial charge in [-0.1, -0.05) is 34.1 Å². The van der Waals surface area contributed by atoms with E-state index in [2.05, 4.69) is 21.2 Å². The van der Waals surface area contributed by atoms with E-state index in [1.807, 2.05) is 6.92 Å². The molecule has 0 aliphatic carbocycles. The molecule has 1 aliphatic heterocycles. The second kappa shape index (κ2) is 7.15. The van der Waals surface area contributed by atoms with Gasteiger partial charge in [-0.15, -0.1) is 0 Å². The number of urea groups is 1. The Bertz CT molecular complexity index is 926. The van der Waals surface area contributed by atoms with Crippen LogP contribution in [0.25, 0.3) is 0 Å². The van der Waals surface area contributed by atoms with E-state index in [1.54, 1.807) is 56.5 Å². The standard InChI is InChI=1S/C20H19BrN2O4/c1-12-10-14(6-9-17(12)27-3)20(2)18(25)23(19(26)22-20)11-16(24)13-4-7-15(21)8-5-13/h4-10H,11H2,1-3H3,(H,22,26). The first-order valence-corrected chi connectivity index (χ1v) is 9.13. The van der Waals surface area contributed by atoms with Crippen LogP contribution >= 0.6 is 15.9 Å². The van der Waals surface area contributed by atoms with Gasteiger partial charge in [0.2, 0.25) is 0 Å². The molecule has 0 radical (unpaired) electrons. The topological polar surface area (TPSA) is 75.7 Å². The number of aryl methyl sites for hydroxylation is 1. The molecular weight excluding hydrogens is 412 g/mol. The van der Waals surface area contributed by atoms with E-state index in [0.29, 0.717) is 16.9 Å². The van der Waals surface area contributed by atoms with E-state index < -0.39 is 17.5 Å². The normalized spacial score (nSPS) is 19.2. The molecule has 27 heavy (non-hydrogen) atoms. The van der Waals surface area contributed by atoms with Crippen molar-refractivity contribution in [2.24, 2.45) is 0 Å². The number of benzene rings is 2. The van der Waals surface area contributed by atoms with Gasteiger partial charge in [0.15, 0.2) is 5.78 Å². The van der Waals surface area contributed by atoms with Gasteiger partial charge >= 0.3 is 6.03 Å². The maximum Gasteiger partial charge on any atom is 0.325 e. The smallest absolute Gasteiger partial charge is 0.325 e. The predicted molar refractivity (Wildman–Crippen MR) is 104 cm³/mol. The van der Waals surface area contributed by atoms with Crippen LogP contribution in [0.4, 0.5) is 4.79 Å². The summed E-state index contributed by atoms with van der Waals surface area (Å²) in [6.07, 6.45) is 0. The Balaban J connectivity index is 1.84. The number of imide groups is 1. The van der Waals surface area contributed by atoms with Gasteiger partial charge in [-0.3, -0.25) is 14.5 Å². The first kappa shape index (κ1) is 19.1. The highest BCUT2D eigenvalue weighted by Crippen LogP contribution is 2.31. The number of ether oxygens (including phenoxy) is 1. The molecule has 0 spiro atoms. The number of nitrogens with zero attached hydrogens (tertiary/aromatic N) is 1. The number of hydrogen-bond acceptors (Lipinski definition) is 4. The molecule has 3 rings (SSSR count). The lowest BCUT2D eigenvalue weighted by Gasteiger charge is -2.23. The second-order valence-electron chi connectivity index (χ2n) is 6.56. The van der Waals surface area contributed by atoms with Crippen LogP contribution in [0, 0.1) is 6.92 Å². The van der Waals surface area contributed by atoms with Crippen LogP contribution in [0.1, 0.15) is 28.4 Å². The van der Waals surface area contributed by atoms with Crippen molar-refractivity contribution in [3.63, 3.8) is 0 Å². The Morgan fingerprint density at radius 2 is 1.85 bits per heavy atom. The van der Waals surface area contributed by atoms with E-state index >= 15 is 0 Å². The first-order chi connectivity index (χ1) is 12.8. The van der Waals surface area contributed by atoms with Gasteiger partial charge in [-0.25, -0.2) is 4.79 Å². The lowest BCUT2D eigenvalue weighted by atomic mass is 9.90. The summed E-state index contributed by atoms with van der Waals surface area (Å²) in [4.78, 5) is 38.8. The number of amides is 3. The summed E-state index contributed by atoms with van der Waals surface area (Å²) in [6.45, 7) is 3.19. The molecule has 1 aliphatic rings. The van der Waals surface area contributed by atoms with Crippen molar-refractivity contribution in [2.75, 3.05) is 13.7 Å². The minimum absolute atomic E-state index is 0.304. The van der Waals surface area contributed by atoms with E-state index in [4.69, 9.17) is 4.74 Å². The maximum atomic E-state index is 13.0. The summed E-state index contributed by atoms with van der Waals surface area (Å²) in [5.74, 6) is -0.0647. The van der Waals surface area contributed by atoms with Crippen molar-refractivity contribution in [1.29, 1.82) is 0 Å². The summed E-state index contributed by atoms with van der Waals surface area (Å²) in [5, 5.41) is 2.71. The molecular formula is C20H19BrN2O4. The van der Waals surface area contributed by atoms with Gasteiger partial charge in [0, 0.05) is 10.0 Å². The molecule has 1 unspecified atom stereocenters. The van der Waals surface area contributed by atoms with Gasteiger partial charge in [0.25, 0.3) is 5.91 Å². The average molecular weight is 431 g/mol. The van der Waals surface area contributed by atoms with Gasteiger partial charge in [0.1, 0.15) is 11.3 Å². The molecule has 6 nitrogen and oxygen atoms in total. The maximum absolute atomic E-state index is 13.0. The molecule has 1 atom stereocenters. The number of hydrogen-bond donors (Lipinski definition) is 1. The van der Waals surface area contributed by atoms with Crippen molar-refractivity contribution >= 4 is 33.7 Å². The van der Waals surface area contributed by atoms with Crippen molar-refractivity contribution in [3.05, 3.63) is 63.6 Å².